The lowest BCUT2D eigenvalue weighted by Gasteiger charge is -2.24. The van der Waals surface area contributed by atoms with Gasteiger partial charge in [-0.3, -0.25) is 28.8 Å². The van der Waals surface area contributed by atoms with Gasteiger partial charge in [-0.2, -0.15) is 0 Å². The Hall–Kier alpha value is -3.03. The van der Waals surface area contributed by atoms with Crippen LogP contribution in [-0.4, -0.2) is 140 Å². The van der Waals surface area contributed by atoms with E-state index in [0.717, 1.165) is 0 Å². The molecule has 194 valence electrons. The first kappa shape index (κ1) is 32.0. The van der Waals surface area contributed by atoms with Crippen LogP contribution in [0.2, 0.25) is 19.0 Å². The largest absolute Gasteiger partial charge is 0.358 e. The van der Waals surface area contributed by atoms with Crippen LogP contribution in [-0.2, 0) is 28.8 Å². The van der Waals surface area contributed by atoms with Gasteiger partial charge in [-0.25, -0.2) is 0 Å². The Morgan fingerprint density at radius 3 is 1.29 bits per heavy atom. The predicted octanol–water partition coefficient (Wildman–Crippen LogP) is -6.44. The molecule has 0 aromatic heterocycles. The summed E-state index contributed by atoms with van der Waals surface area (Å²) in [7, 11) is 6.52. The summed E-state index contributed by atoms with van der Waals surface area (Å²) in [5, 5.41) is 7.75. The average Bonchev–Trinajstić information content (AvgIpc) is 2.85. The average molecular weight is 493 g/mol. The monoisotopic (exact) mass is 493 g/mol. The second-order valence-electron chi connectivity index (χ2n) is 7.67. The summed E-state index contributed by atoms with van der Waals surface area (Å²) in [5.41, 5.74) is 5.49. The van der Waals surface area contributed by atoms with Crippen LogP contribution in [0.5, 0.6) is 0 Å². The molecule has 35 heavy (non-hydrogen) atoms. The third kappa shape index (κ3) is 13.4. The van der Waals surface area contributed by atoms with Crippen molar-refractivity contribution in [2.75, 3.05) is 66.0 Å². The zero-order chi connectivity index (χ0) is 26.8. The van der Waals surface area contributed by atoms with E-state index in [1.807, 2.05) is 0 Å². The van der Waals surface area contributed by atoms with Gasteiger partial charge in [0.1, 0.15) is 23.5 Å². The fourth-order valence-corrected chi connectivity index (χ4v) is 3.07. The van der Waals surface area contributed by atoms with Crippen molar-refractivity contribution in [1.29, 1.82) is 0 Å². The van der Waals surface area contributed by atoms with Gasteiger partial charge < -0.3 is 36.4 Å². The number of likely N-dealkylation sites (N-methyl/N-ethyl adjacent to an activating group) is 1. The molecule has 0 aromatic carbocycles. The van der Waals surface area contributed by atoms with Crippen LogP contribution < -0.4 is 21.7 Å². The minimum Gasteiger partial charge on any atom is -0.358 e. The molecule has 0 aliphatic heterocycles. The number of hydrogen-bond donors (Lipinski definition) is 4. The Balaban J connectivity index is 4.71. The molecular formula is C19H38B3N7O6. The molecule has 0 atom stereocenters. The molecular weight excluding hydrogens is 455 g/mol. The van der Waals surface area contributed by atoms with E-state index in [0.29, 0.717) is 0 Å². The molecule has 0 bridgehead atoms. The van der Waals surface area contributed by atoms with Gasteiger partial charge in [-0.15, -0.1) is 0 Å². The van der Waals surface area contributed by atoms with Gasteiger partial charge in [-0.1, -0.05) is 0 Å². The van der Waals surface area contributed by atoms with Crippen LogP contribution in [0.25, 0.3) is 0 Å². The number of hydrogen-bond acceptors (Lipinski definition) is 7. The first-order valence-corrected chi connectivity index (χ1v) is 11.9. The van der Waals surface area contributed by atoms with Crippen LogP contribution in [0.3, 0.4) is 0 Å². The Kier molecular flexibility index (Phi) is 16.7. The highest BCUT2D eigenvalue weighted by molar-refractivity contribution is 6.20. The lowest BCUT2D eigenvalue weighted by molar-refractivity contribution is -0.135. The summed E-state index contributed by atoms with van der Waals surface area (Å²) >= 11 is 0. The van der Waals surface area contributed by atoms with Crippen LogP contribution >= 0.6 is 0 Å². The van der Waals surface area contributed by atoms with Gasteiger partial charge in [-0.05, 0) is 19.0 Å². The Morgan fingerprint density at radius 1 is 0.629 bits per heavy atom. The quantitative estimate of drug-likeness (QED) is 0.146. The number of carbonyl (C=O) groups excluding carboxylic acids is 6. The smallest absolute Gasteiger partial charge is 0.239 e. The van der Waals surface area contributed by atoms with E-state index < -0.39 is 5.91 Å². The fraction of sp³-hybridized carbons (Fsp3) is 0.684. The summed E-state index contributed by atoms with van der Waals surface area (Å²) in [6.07, 6.45) is 0.671. The molecule has 0 heterocycles. The third-order valence-electron chi connectivity index (χ3n) is 5.05. The fourth-order valence-electron chi connectivity index (χ4n) is 3.07. The molecule has 0 radical (unpaired) electrons. The minimum atomic E-state index is -0.426. The molecule has 0 saturated heterocycles. The van der Waals surface area contributed by atoms with Crippen molar-refractivity contribution in [3.8, 4) is 0 Å². The second-order valence-corrected chi connectivity index (χ2v) is 7.67. The first-order chi connectivity index (χ1) is 16.6. The van der Waals surface area contributed by atoms with Crippen molar-refractivity contribution in [2.45, 2.75) is 19.0 Å². The lowest BCUT2D eigenvalue weighted by Crippen LogP contribution is -2.48. The summed E-state index contributed by atoms with van der Waals surface area (Å²) in [4.78, 5) is 76.3. The molecule has 0 unspecified atom stereocenters. The van der Waals surface area contributed by atoms with Crippen molar-refractivity contribution in [3.05, 3.63) is 0 Å². The standard InChI is InChI=1S/C19H38B3N7O6/c1-24-14(30)11-28(18(34)9-21)6-3-26-16(32)13-29(19(35)10-22)7-4-25-15(31)12-27(5-2-23)17(33)8-20/h2-13,20-23H2,1H3,(H,24,30)(H,25,31)(H,26,32). The number of carbonyl (C=O) groups is 6. The maximum absolute atomic E-state index is 12.4. The zero-order valence-electron chi connectivity index (χ0n) is 21.4. The lowest BCUT2D eigenvalue weighted by atomic mass is 10.0. The van der Waals surface area contributed by atoms with E-state index in [-0.39, 0.29) is 107 Å². The predicted molar refractivity (Wildman–Crippen MR) is 139 cm³/mol. The molecule has 16 heteroatoms. The van der Waals surface area contributed by atoms with Gasteiger partial charge in [0.25, 0.3) is 0 Å². The highest BCUT2D eigenvalue weighted by Crippen LogP contribution is 1.96. The Morgan fingerprint density at radius 2 is 0.971 bits per heavy atom. The van der Waals surface area contributed by atoms with Gasteiger partial charge in [0.05, 0.1) is 19.6 Å². The van der Waals surface area contributed by atoms with Gasteiger partial charge in [0, 0.05) is 46.3 Å². The van der Waals surface area contributed by atoms with Crippen molar-refractivity contribution >= 4 is 59.0 Å². The van der Waals surface area contributed by atoms with Gasteiger partial charge in [0.15, 0.2) is 0 Å². The number of rotatable bonds is 17. The van der Waals surface area contributed by atoms with Crippen LogP contribution in [0.15, 0.2) is 0 Å². The van der Waals surface area contributed by atoms with E-state index in [9.17, 15) is 28.8 Å². The van der Waals surface area contributed by atoms with E-state index >= 15 is 0 Å². The molecule has 0 aromatic rings. The van der Waals surface area contributed by atoms with Gasteiger partial charge in [0.2, 0.25) is 35.4 Å². The van der Waals surface area contributed by atoms with Crippen molar-refractivity contribution in [2.24, 2.45) is 5.73 Å². The van der Waals surface area contributed by atoms with E-state index in [1.165, 1.54) is 21.7 Å². The van der Waals surface area contributed by atoms with Crippen molar-refractivity contribution in [1.82, 2.24) is 30.7 Å². The number of nitrogens with one attached hydrogen (secondary N) is 3. The topological polar surface area (TPSA) is 174 Å². The van der Waals surface area contributed by atoms with Crippen LogP contribution in [0, 0.1) is 0 Å². The zero-order valence-corrected chi connectivity index (χ0v) is 21.4. The molecule has 0 saturated carbocycles. The van der Waals surface area contributed by atoms with Crippen LogP contribution in [0.4, 0.5) is 0 Å². The number of nitrogens with two attached hydrogens (primary N) is 1. The van der Waals surface area contributed by atoms with Crippen molar-refractivity contribution < 1.29 is 28.8 Å². The first-order valence-electron chi connectivity index (χ1n) is 11.9. The van der Waals surface area contributed by atoms with Crippen molar-refractivity contribution in [3.63, 3.8) is 0 Å². The number of amides is 6. The molecule has 5 N–H and O–H groups in total. The van der Waals surface area contributed by atoms with E-state index in [4.69, 9.17) is 5.73 Å². The number of nitrogens with zero attached hydrogens (tertiary/aromatic N) is 3. The molecule has 0 rings (SSSR count). The Bertz CT molecular complexity index is 744. The minimum absolute atomic E-state index is 0.105. The molecule has 0 spiro atoms. The molecule has 0 aliphatic carbocycles. The Labute approximate surface area is 209 Å². The molecule has 0 aliphatic rings. The summed E-state index contributed by atoms with van der Waals surface area (Å²) in [6, 6.07) is 0. The SMILES string of the molecule is BCC(=O)N(CCNC(=O)CN(CCNC(=O)CN(CCN)C(=O)CB)C(=O)CB)CC(=O)NC. The maximum atomic E-state index is 12.4. The normalized spacial score (nSPS) is 10.1. The summed E-state index contributed by atoms with van der Waals surface area (Å²) in [6.45, 7) is 0.553. The highest BCUT2D eigenvalue weighted by atomic mass is 16.2. The van der Waals surface area contributed by atoms with E-state index in [1.54, 1.807) is 23.5 Å². The maximum Gasteiger partial charge on any atom is 0.239 e. The summed E-state index contributed by atoms with van der Waals surface area (Å²) in [5.74, 6) is -1.78. The second kappa shape index (κ2) is 18.3. The molecule has 13 nitrogen and oxygen atoms in total. The highest BCUT2D eigenvalue weighted by Gasteiger charge is 2.19. The molecule has 0 fully saturated rings. The van der Waals surface area contributed by atoms with Crippen LogP contribution in [0.1, 0.15) is 0 Å². The molecule has 6 amide bonds. The van der Waals surface area contributed by atoms with Gasteiger partial charge >= 0.3 is 0 Å². The third-order valence-corrected chi connectivity index (χ3v) is 5.05. The summed E-state index contributed by atoms with van der Waals surface area (Å²) < 4.78 is 0. The van der Waals surface area contributed by atoms with E-state index in [2.05, 4.69) is 16.0 Å².